The van der Waals surface area contributed by atoms with Gasteiger partial charge in [0.2, 0.25) is 0 Å². The Balaban J connectivity index is 1.73. The molecule has 3 heterocycles. The first-order valence-electron chi connectivity index (χ1n) is 9.43. The smallest absolute Gasteiger partial charge is 0.162 e. The van der Waals surface area contributed by atoms with Crippen LogP contribution >= 0.6 is 0 Å². The van der Waals surface area contributed by atoms with Gasteiger partial charge >= 0.3 is 0 Å². The molecule has 0 radical (unpaired) electrons. The van der Waals surface area contributed by atoms with Crippen molar-refractivity contribution in [3.8, 4) is 0 Å². The number of aromatic nitrogens is 1. The highest BCUT2D eigenvalue weighted by atomic mass is 15.4. The van der Waals surface area contributed by atoms with Gasteiger partial charge in [0.25, 0.3) is 0 Å². The van der Waals surface area contributed by atoms with Crippen LogP contribution in [0.4, 0.5) is 11.5 Å². The molecule has 0 amide bonds. The highest BCUT2D eigenvalue weighted by Gasteiger charge is 2.36. The maximum absolute atomic E-state index is 4.70. The molecule has 2 aliphatic rings. The summed E-state index contributed by atoms with van der Waals surface area (Å²) in [5.74, 6) is 2.24. The fourth-order valence-corrected chi connectivity index (χ4v) is 4.05. The van der Waals surface area contributed by atoms with Crippen molar-refractivity contribution in [3.05, 3.63) is 102 Å². The fourth-order valence-electron chi connectivity index (χ4n) is 4.05. The average Bonchev–Trinajstić information content (AvgIpc) is 3.08. The number of rotatable bonds is 3. The first-order valence-corrected chi connectivity index (χ1v) is 9.43. The molecule has 3 nitrogen and oxygen atoms in total. The van der Waals surface area contributed by atoms with Gasteiger partial charge in [-0.05, 0) is 35.8 Å². The lowest BCUT2D eigenvalue weighted by atomic mass is 9.92. The first kappa shape index (κ1) is 15.9. The van der Waals surface area contributed by atoms with Gasteiger partial charge in [0.15, 0.2) is 5.82 Å². The lowest BCUT2D eigenvalue weighted by Gasteiger charge is -2.30. The second kappa shape index (κ2) is 6.44. The second-order valence-corrected chi connectivity index (χ2v) is 6.83. The number of nitrogens with zero attached hydrogens (tertiary/aromatic N) is 3. The molecule has 0 N–H and O–H groups in total. The molecule has 2 aliphatic heterocycles. The molecule has 1 aromatic heterocycles. The summed E-state index contributed by atoms with van der Waals surface area (Å²) >= 11 is 0. The lowest BCUT2D eigenvalue weighted by Crippen LogP contribution is -2.29. The molecule has 0 saturated heterocycles. The van der Waals surface area contributed by atoms with Gasteiger partial charge < -0.3 is 4.90 Å². The molecule has 0 aliphatic carbocycles. The van der Waals surface area contributed by atoms with E-state index in [0.717, 1.165) is 18.8 Å². The Hall–Kier alpha value is -3.33. The van der Waals surface area contributed by atoms with Crippen LogP contribution in [0.2, 0.25) is 0 Å². The van der Waals surface area contributed by atoms with Crippen LogP contribution in [0, 0.1) is 0 Å². The van der Waals surface area contributed by atoms with Crippen molar-refractivity contribution in [2.45, 2.75) is 13.3 Å². The zero-order chi connectivity index (χ0) is 18.2. The third-order valence-electron chi connectivity index (χ3n) is 5.27. The molecule has 0 atom stereocenters. The summed E-state index contributed by atoms with van der Waals surface area (Å²) in [6.07, 6.45) is 5.05. The Labute approximate surface area is 159 Å². The lowest BCUT2D eigenvalue weighted by molar-refractivity contribution is 0.948. The minimum atomic E-state index is 0.907. The second-order valence-electron chi connectivity index (χ2n) is 6.83. The van der Waals surface area contributed by atoms with E-state index in [1.807, 2.05) is 12.3 Å². The molecule has 0 saturated carbocycles. The Bertz CT molecular complexity index is 1040. The normalized spacial score (nSPS) is 15.5. The van der Waals surface area contributed by atoms with Crippen LogP contribution in [0.15, 0.2) is 91.0 Å². The molecule has 0 fully saturated rings. The molecule has 0 spiro atoms. The van der Waals surface area contributed by atoms with Crippen molar-refractivity contribution in [1.82, 2.24) is 4.98 Å². The zero-order valence-corrected chi connectivity index (χ0v) is 15.3. The maximum Gasteiger partial charge on any atom is 0.162 e. The van der Waals surface area contributed by atoms with Gasteiger partial charge in [-0.25, -0.2) is 4.98 Å². The monoisotopic (exact) mass is 351 g/mol. The van der Waals surface area contributed by atoms with Gasteiger partial charge in [-0.3, -0.25) is 4.90 Å². The van der Waals surface area contributed by atoms with Crippen LogP contribution in [-0.2, 0) is 0 Å². The van der Waals surface area contributed by atoms with Crippen LogP contribution in [0.1, 0.15) is 24.5 Å². The molecule has 27 heavy (non-hydrogen) atoms. The Morgan fingerprint density at radius 1 is 0.852 bits per heavy atom. The number of hydrogen-bond donors (Lipinski definition) is 0. The van der Waals surface area contributed by atoms with Gasteiger partial charge in [-0.1, -0.05) is 60.7 Å². The van der Waals surface area contributed by atoms with Crippen LogP contribution in [0.25, 0.3) is 11.1 Å². The molecule has 3 aromatic rings. The summed E-state index contributed by atoms with van der Waals surface area (Å²) in [4.78, 5) is 9.35. The Morgan fingerprint density at radius 2 is 1.56 bits per heavy atom. The standard InChI is InChI=1S/C24H21N3/c1-2-26-22-14-9-15-25-23(22)27-17-20(18-10-5-3-6-11-18)16-21(24(26)27)19-12-7-4-8-13-19/h3-15,17H,2,16H2,1H3. The highest BCUT2D eigenvalue weighted by Crippen LogP contribution is 2.48. The maximum atomic E-state index is 4.70. The van der Waals surface area contributed by atoms with Gasteiger partial charge in [-0.2, -0.15) is 0 Å². The van der Waals surface area contributed by atoms with E-state index in [1.165, 1.54) is 33.8 Å². The van der Waals surface area contributed by atoms with E-state index >= 15 is 0 Å². The van der Waals surface area contributed by atoms with E-state index in [1.54, 1.807) is 0 Å². The summed E-state index contributed by atoms with van der Waals surface area (Å²) < 4.78 is 0. The summed E-state index contributed by atoms with van der Waals surface area (Å²) in [6.45, 7) is 3.11. The van der Waals surface area contributed by atoms with Crippen molar-refractivity contribution in [1.29, 1.82) is 0 Å². The van der Waals surface area contributed by atoms with Crippen LogP contribution in [0.3, 0.4) is 0 Å². The SMILES string of the molecule is CCN1C2=C(c3ccccc3)CC(c3ccccc3)=CN2c2ncccc21. The summed E-state index contributed by atoms with van der Waals surface area (Å²) in [6, 6.07) is 25.5. The predicted octanol–water partition coefficient (Wildman–Crippen LogP) is 5.54. The van der Waals surface area contributed by atoms with Crippen LogP contribution in [-0.4, -0.2) is 11.5 Å². The summed E-state index contributed by atoms with van der Waals surface area (Å²) in [5.41, 5.74) is 6.36. The quantitative estimate of drug-likeness (QED) is 0.617. The van der Waals surface area contributed by atoms with Gasteiger partial charge in [-0.15, -0.1) is 0 Å². The van der Waals surface area contributed by atoms with Crippen molar-refractivity contribution >= 4 is 22.7 Å². The average molecular weight is 351 g/mol. The summed E-state index contributed by atoms with van der Waals surface area (Å²) in [5, 5.41) is 0. The fraction of sp³-hybridized carbons (Fsp3) is 0.125. The molecular weight excluding hydrogens is 330 g/mol. The highest BCUT2D eigenvalue weighted by molar-refractivity contribution is 5.95. The molecule has 5 rings (SSSR count). The molecule has 2 aromatic carbocycles. The largest absolute Gasteiger partial charge is 0.324 e. The van der Waals surface area contributed by atoms with Crippen LogP contribution < -0.4 is 9.80 Å². The summed E-state index contributed by atoms with van der Waals surface area (Å²) in [7, 11) is 0. The molecule has 0 unspecified atom stereocenters. The van der Waals surface area contributed by atoms with Crippen molar-refractivity contribution in [3.63, 3.8) is 0 Å². The van der Waals surface area contributed by atoms with Gasteiger partial charge in [0.05, 0.1) is 5.69 Å². The minimum absolute atomic E-state index is 0.907. The van der Waals surface area contributed by atoms with Crippen molar-refractivity contribution < 1.29 is 0 Å². The minimum Gasteiger partial charge on any atom is -0.324 e. The number of fused-ring (bicyclic) bond motifs is 3. The number of benzene rings is 2. The van der Waals surface area contributed by atoms with Crippen molar-refractivity contribution in [2.24, 2.45) is 0 Å². The number of hydrogen-bond acceptors (Lipinski definition) is 3. The van der Waals surface area contributed by atoms with Crippen molar-refractivity contribution in [2.75, 3.05) is 16.3 Å². The zero-order valence-electron chi connectivity index (χ0n) is 15.3. The Kier molecular flexibility index (Phi) is 3.79. The van der Waals surface area contributed by atoms with E-state index in [-0.39, 0.29) is 0 Å². The number of anilines is 2. The number of allylic oxidation sites excluding steroid dienone is 2. The Morgan fingerprint density at radius 3 is 2.26 bits per heavy atom. The van der Waals surface area contributed by atoms with Crippen LogP contribution in [0.5, 0.6) is 0 Å². The van der Waals surface area contributed by atoms with Gasteiger partial charge in [0, 0.05) is 30.9 Å². The van der Waals surface area contributed by atoms with E-state index in [4.69, 9.17) is 4.98 Å². The number of pyridine rings is 1. The third kappa shape index (κ3) is 2.55. The van der Waals surface area contributed by atoms with E-state index < -0.39 is 0 Å². The van der Waals surface area contributed by atoms with E-state index in [9.17, 15) is 0 Å². The van der Waals surface area contributed by atoms with E-state index in [2.05, 4.69) is 89.7 Å². The molecule has 3 heteroatoms. The van der Waals surface area contributed by atoms with Gasteiger partial charge in [0.1, 0.15) is 5.82 Å². The third-order valence-corrected chi connectivity index (χ3v) is 5.27. The topological polar surface area (TPSA) is 19.4 Å². The molecular formula is C24H21N3. The predicted molar refractivity (Wildman–Crippen MR) is 112 cm³/mol. The molecule has 132 valence electrons. The molecule has 0 bridgehead atoms. The van der Waals surface area contributed by atoms with E-state index in [0.29, 0.717) is 0 Å². The first-order chi connectivity index (χ1) is 13.4.